The van der Waals surface area contributed by atoms with Crippen LogP contribution < -0.4 is 5.32 Å². The number of halogens is 1. The fourth-order valence-electron chi connectivity index (χ4n) is 1.81. The summed E-state index contributed by atoms with van der Waals surface area (Å²) in [5, 5.41) is 4.70. The Morgan fingerprint density at radius 3 is 2.71 bits per heavy atom. The zero-order valence-corrected chi connectivity index (χ0v) is 13.3. The van der Waals surface area contributed by atoms with E-state index >= 15 is 0 Å². The highest BCUT2D eigenvalue weighted by molar-refractivity contribution is 9.11. The van der Waals surface area contributed by atoms with Gasteiger partial charge in [-0.25, -0.2) is 0 Å². The van der Waals surface area contributed by atoms with Crippen LogP contribution in [0.25, 0.3) is 0 Å². The highest BCUT2D eigenvalue weighted by Crippen LogP contribution is 2.29. The molecule has 1 N–H and O–H groups in total. The Morgan fingerprint density at radius 2 is 2.18 bits per heavy atom. The minimum absolute atomic E-state index is 0.277. The third kappa shape index (κ3) is 3.26. The van der Waals surface area contributed by atoms with Gasteiger partial charge in [0.15, 0.2) is 5.17 Å². The maximum Gasteiger partial charge on any atom is 0.157 e. The highest BCUT2D eigenvalue weighted by Gasteiger charge is 2.33. The topological polar surface area (TPSA) is 24.4 Å². The zero-order valence-electron chi connectivity index (χ0n) is 10.1. The molecule has 0 aromatic carbocycles. The van der Waals surface area contributed by atoms with E-state index in [0.29, 0.717) is 0 Å². The number of thioether (sulfide) groups is 1. The number of amidine groups is 1. The van der Waals surface area contributed by atoms with Crippen LogP contribution in [0.2, 0.25) is 0 Å². The molecule has 1 saturated heterocycles. The summed E-state index contributed by atoms with van der Waals surface area (Å²) in [7, 11) is 0. The van der Waals surface area contributed by atoms with Gasteiger partial charge < -0.3 is 5.32 Å². The third-order valence-corrected chi connectivity index (χ3v) is 6.03. The molecule has 0 unspecified atom stereocenters. The van der Waals surface area contributed by atoms with Gasteiger partial charge in [-0.1, -0.05) is 25.6 Å². The van der Waals surface area contributed by atoms with Crippen molar-refractivity contribution in [2.24, 2.45) is 4.99 Å². The van der Waals surface area contributed by atoms with Gasteiger partial charge >= 0.3 is 0 Å². The molecule has 2 nitrogen and oxygen atoms in total. The standard InChI is InChI=1S/C12H17BrN2S2/c1-3-12(4-2)8-16-11(15-12)14-7-9-5-6-10(13)17-9/h5-6H,3-4,7-8H2,1-2H3,(H,14,15). The lowest BCUT2D eigenvalue weighted by atomic mass is 9.96. The smallest absolute Gasteiger partial charge is 0.157 e. The molecule has 1 aromatic heterocycles. The zero-order chi connectivity index (χ0) is 12.3. The van der Waals surface area contributed by atoms with E-state index in [2.05, 4.69) is 52.2 Å². The molecule has 17 heavy (non-hydrogen) atoms. The van der Waals surface area contributed by atoms with Crippen LogP contribution in [-0.4, -0.2) is 16.5 Å². The van der Waals surface area contributed by atoms with Gasteiger partial charge in [0.05, 0.1) is 10.3 Å². The van der Waals surface area contributed by atoms with Crippen LogP contribution in [0.3, 0.4) is 0 Å². The van der Waals surface area contributed by atoms with Crippen molar-refractivity contribution in [2.75, 3.05) is 5.75 Å². The van der Waals surface area contributed by atoms with Crippen molar-refractivity contribution in [3.8, 4) is 0 Å². The number of nitrogens with one attached hydrogen (secondary N) is 1. The van der Waals surface area contributed by atoms with E-state index in [1.807, 2.05) is 11.8 Å². The maximum atomic E-state index is 4.66. The first-order valence-corrected chi connectivity index (χ1v) is 8.46. The molecule has 1 aliphatic heterocycles. The van der Waals surface area contributed by atoms with Crippen LogP contribution in [0.1, 0.15) is 31.6 Å². The lowest BCUT2D eigenvalue weighted by Crippen LogP contribution is -2.42. The Kier molecular flexibility index (Phi) is 4.55. The highest BCUT2D eigenvalue weighted by atomic mass is 79.9. The lowest BCUT2D eigenvalue weighted by molar-refractivity contribution is 0.407. The van der Waals surface area contributed by atoms with E-state index in [9.17, 15) is 0 Å². The summed E-state index contributed by atoms with van der Waals surface area (Å²) in [6.45, 7) is 5.28. The Labute approximate surface area is 119 Å². The normalized spacial score (nSPS) is 20.8. The molecule has 0 saturated carbocycles. The summed E-state index contributed by atoms with van der Waals surface area (Å²) >= 11 is 7.09. The summed E-state index contributed by atoms with van der Waals surface area (Å²) < 4.78 is 1.18. The monoisotopic (exact) mass is 332 g/mol. The summed E-state index contributed by atoms with van der Waals surface area (Å²) in [4.78, 5) is 5.96. The fourth-order valence-corrected chi connectivity index (χ4v) is 4.55. The molecule has 1 fully saturated rings. The second-order valence-electron chi connectivity index (χ2n) is 4.23. The maximum absolute atomic E-state index is 4.66. The van der Waals surface area contributed by atoms with Gasteiger partial charge in [-0.05, 0) is 40.9 Å². The Balaban J connectivity index is 1.96. The van der Waals surface area contributed by atoms with Crippen LogP contribution in [0.4, 0.5) is 0 Å². The van der Waals surface area contributed by atoms with Crippen molar-refractivity contribution in [3.63, 3.8) is 0 Å². The average molecular weight is 333 g/mol. The SMILES string of the molecule is CCC1(CC)CSC(=NCc2ccc(Br)s2)N1. The number of hydrogen-bond acceptors (Lipinski definition) is 3. The first-order valence-electron chi connectivity index (χ1n) is 5.87. The second-order valence-corrected chi connectivity index (χ2v) is 7.74. The number of thiophene rings is 1. The van der Waals surface area contributed by atoms with Gasteiger partial charge in [-0.3, -0.25) is 4.99 Å². The lowest BCUT2D eigenvalue weighted by Gasteiger charge is -2.25. The largest absolute Gasteiger partial charge is 0.359 e. The molecule has 5 heteroatoms. The van der Waals surface area contributed by atoms with E-state index < -0.39 is 0 Å². The quantitative estimate of drug-likeness (QED) is 0.890. The van der Waals surface area contributed by atoms with Gasteiger partial charge in [-0.2, -0.15) is 0 Å². The number of rotatable bonds is 4. The molecule has 0 radical (unpaired) electrons. The van der Waals surface area contributed by atoms with E-state index in [0.717, 1.165) is 17.5 Å². The molecule has 94 valence electrons. The molecule has 0 amide bonds. The summed E-state index contributed by atoms with van der Waals surface area (Å²) in [5.41, 5.74) is 0.277. The molecule has 2 heterocycles. The molecule has 0 spiro atoms. The summed E-state index contributed by atoms with van der Waals surface area (Å²) in [5.74, 6) is 1.15. The molecular weight excluding hydrogens is 316 g/mol. The summed E-state index contributed by atoms with van der Waals surface area (Å²) in [6, 6.07) is 4.21. The molecular formula is C12H17BrN2S2. The second kappa shape index (κ2) is 5.76. The molecule has 0 bridgehead atoms. The van der Waals surface area contributed by atoms with Crippen molar-refractivity contribution in [2.45, 2.75) is 38.8 Å². The third-order valence-electron chi connectivity index (χ3n) is 3.22. The molecule has 1 aromatic rings. The predicted molar refractivity (Wildman–Crippen MR) is 82.1 cm³/mol. The van der Waals surface area contributed by atoms with Gasteiger partial charge in [-0.15, -0.1) is 11.3 Å². The molecule has 2 rings (SSSR count). The van der Waals surface area contributed by atoms with Gasteiger partial charge in [0.25, 0.3) is 0 Å². The van der Waals surface area contributed by atoms with Gasteiger partial charge in [0.1, 0.15) is 0 Å². The predicted octanol–water partition coefficient (Wildman–Crippen LogP) is 4.26. The first-order chi connectivity index (χ1) is 8.17. The van der Waals surface area contributed by atoms with Crippen LogP contribution >= 0.6 is 39.0 Å². The van der Waals surface area contributed by atoms with E-state index in [1.165, 1.54) is 21.5 Å². The van der Waals surface area contributed by atoms with Crippen LogP contribution in [0.5, 0.6) is 0 Å². The summed E-state index contributed by atoms with van der Waals surface area (Å²) in [6.07, 6.45) is 2.33. The minimum Gasteiger partial charge on any atom is -0.359 e. The van der Waals surface area contributed by atoms with Crippen molar-refractivity contribution < 1.29 is 0 Å². The fraction of sp³-hybridized carbons (Fsp3) is 0.583. The van der Waals surface area contributed by atoms with Crippen molar-refractivity contribution in [1.82, 2.24) is 5.32 Å². The van der Waals surface area contributed by atoms with E-state index in [4.69, 9.17) is 0 Å². The van der Waals surface area contributed by atoms with Crippen LogP contribution in [-0.2, 0) is 6.54 Å². The van der Waals surface area contributed by atoms with Crippen molar-refractivity contribution in [1.29, 1.82) is 0 Å². The number of aliphatic imine (C=N–C) groups is 1. The van der Waals surface area contributed by atoms with Gasteiger partial charge in [0, 0.05) is 16.2 Å². The van der Waals surface area contributed by atoms with Crippen LogP contribution in [0, 0.1) is 0 Å². The Hall–Kier alpha value is -0.0000000000000000278. The molecule has 0 aliphatic carbocycles. The number of nitrogens with zero attached hydrogens (tertiary/aromatic N) is 1. The Morgan fingerprint density at radius 1 is 1.41 bits per heavy atom. The van der Waals surface area contributed by atoms with Crippen molar-refractivity contribution in [3.05, 3.63) is 20.8 Å². The molecule has 0 atom stereocenters. The van der Waals surface area contributed by atoms with Crippen molar-refractivity contribution >= 4 is 44.2 Å². The average Bonchev–Trinajstić information content (AvgIpc) is 2.93. The first kappa shape index (κ1) is 13.4. The molecule has 1 aliphatic rings. The van der Waals surface area contributed by atoms with E-state index in [-0.39, 0.29) is 5.54 Å². The van der Waals surface area contributed by atoms with Crippen LogP contribution in [0.15, 0.2) is 20.9 Å². The Bertz CT molecular complexity index is 410. The minimum atomic E-state index is 0.277. The van der Waals surface area contributed by atoms with Gasteiger partial charge in [0.2, 0.25) is 0 Å². The number of hydrogen-bond donors (Lipinski definition) is 1. The van der Waals surface area contributed by atoms with E-state index in [1.54, 1.807) is 11.3 Å².